The van der Waals surface area contributed by atoms with Gasteiger partial charge in [0, 0.05) is 28.9 Å². The van der Waals surface area contributed by atoms with Gasteiger partial charge in [-0.2, -0.15) is 0 Å². The molecule has 6 nitrogen and oxygen atoms in total. The van der Waals surface area contributed by atoms with Crippen LogP contribution < -0.4 is 16.2 Å². The Labute approximate surface area is 141 Å². The Hall–Kier alpha value is -2.38. The summed E-state index contributed by atoms with van der Waals surface area (Å²) in [5.41, 5.74) is 0.429. The van der Waals surface area contributed by atoms with Crippen molar-refractivity contribution < 1.29 is 9.90 Å². The lowest BCUT2D eigenvalue weighted by atomic mass is 10.1. The standard InChI is InChI=1S/C17H17N3O3S/c21-10-3-4-13-11(6-10)12-7-14(24-15(12)17(23)20-13)16(22)19-9-2-1-5-18-8-9/h3-4,6-7,9,18,21H,1-2,5,8H2,(H,19,22)(H,20,23). The molecule has 24 heavy (non-hydrogen) atoms. The number of hydrogen-bond donors (Lipinski definition) is 4. The zero-order chi connectivity index (χ0) is 16.7. The molecule has 1 aromatic carbocycles. The van der Waals surface area contributed by atoms with Crippen LogP contribution in [0.2, 0.25) is 0 Å². The number of rotatable bonds is 2. The first-order valence-electron chi connectivity index (χ1n) is 7.92. The number of phenols is 1. The maximum atomic E-state index is 12.5. The van der Waals surface area contributed by atoms with Gasteiger partial charge in [-0.05, 0) is 43.7 Å². The number of fused-ring (bicyclic) bond motifs is 3. The van der Waals surface area contributed by atoms with Crippen LogP contribution in [0.5, 0.6) is 5.75 Å². The second kappa shape index (κ2) is 5.92. The third kappa shape index (κ3) is 2.65. The molecule has 0 spiro atoms. The van der Waals surface area contributed by atoms with Crippen LogP contribution in [0.15, 0.2) is 29.1 Å². The summed E-state index contributed by atoms with van der Waals surface area (Å²) in [6.07, 6.45) is 2.00. The number of carbonyl (C=O) groups is 1. The Balaban J connectivity index is 1.75. The summed E-state index contributed by atoms with van der Waals surface area (Å²) in [5, 5.41) is 17.4. The number of hydrogen-bond acceptors (Lipinski definition) is 5. The fraction of sp³-hybridized carbons (Fsp3) is 0.294. The molecular weight excluding hydrogens is 326 g/mol. The van der Waals surface area contributed by atoms with E-state index in [-0.39, 0.29) is 23.3 Å². The third-order valence-electron chi connectivity index (χ3n) is 4.34. The summed E-state index contributed by atoms with van der Waals surface area (Å²) in [5.74, 6) is -0.0288. The summed E-state index contributed by atoms with van der Waals surface area (Å²) >= 11 is 1.18. The monoisotopic (exact) mass is 343 g/mol. The maximum absolute atomic E-state index is 12.5. The molecule has 1 atom stereocenters. The lowest BCUT2D eigenvalue weighted by Gasteiger charge is -2.23. The summed E-state index contributed by atoms with van der Waals surface area (Å²) in [6, 6.07) is 6.66. The van der Waals surface area contributed by atoms with Gasteiger partial charge in [0.15, 0.2) is 0 Å². The van der Waals surface area contributed by atoms with Crippen molar-refractivity contribution in [1.29, 1.82) is 0 Å². The van der Waals surface area contributed by atoms with Crippen molar-refractivity contribution in [2.45, 2.75) is 18.9 Å². The molecule has 7 heteroatoms. The normalized spacial score (nSPS) is 18.1. The summed E-state index contributed by atoms with van der Waals surface area (Å²) in [4.78, 5) is 28.1. The summed E-state index contributed by atoms with van der Waals surface area (Å²) in [6.45, 7) is 1.76. The zero-order valence-corrected chi connectivity index (χ0v) is 13.7. The van der Waals surface area contributed by atoms with Gasteiger partial charge in [0.1, 0.15) is 10.4 Å². The number of nitrogens with one attached hydrogen (secondary N) is 3. The molecule has 1 fully saturated rings. The van der Waals surface area contributed by atoms with Crippen LogP contribution in [0, 0.1) is 0 Å². The fourth-order valence-electron chi connectivity index (χ4n) is 3.15. The fourth-order valence-corrected chi connectivity index (χ4v) is 4.12. The van der Waals surface area contributed by atoms with E-state index in [0.29, 0.717) is 20.5 Å². The van der Waals surface area contributed by atoms with Gasteiger partial charge in [-0.25, -0.2) is 0 Å². The van der Waals surface area contributed by atoms with Crippen molar-refractivity contribution in [3.05, 3.63) is 39.5 Å². The first-order valence-corrected chi connectivity index (χ1v) is 8.73. The van der Waals surface area contributed by atoms with Gasteiger partial charge >= 0.3 is 0 Å². The van der Waals surface area contributed by atoms with Crippen LogP contribution in [0.4, 0.5) is 0 Å². The SMILES string of the molecule is O=C(NC1CCCNC1)c1cc2c(s1)c(=O)[nH]c1ccc(O)cc12. The van der Waals surface area contributed by atoms with Gasteiger partial charge in [0.05, 0.1) is 4.88 Å². The molecule has 4 N–H and O–H groups in total. The highest BCUT2D eigenvalue weighted by atomic mass is 32.1. The first-order chi connectivity index (χ1) is 11.6. The Bertz CT molecular complexity index is 986. The van der Waals surface area contributed by atoms with Crippen LogP contribution in [-0.4, -0.2) is 35.1 Å². The summed E-state index contributed by atoms with van der Waals surface area (Å²) < 4.78 is 0.500. The van der Waals surface area contributed by atoms with Crippen molar-refractivity contribution >= 4 is 38.2 Å². The molecular formula is C17H17N3O3S. The minimum atomic E-state index is -0.216. The van der Waals surface area contributed by atoms with Crippen molar-refractivity contribution in [3.8, 4) is 5.75 Å². The maximum Gasteiger partial charge on any atom is 0.266 e. The molecule has 0 bridgehead atoms. The minimum absolute atomic E-state index is 0.121. The van der Waals surface area contributed by atoms with Gasteiger partial charge in [0.2, 0.25) is 0 Å². The highest BCUT2D eigenvalue weighted by Crippen LogP contribution is 2.30. The lowest BCUT2D eigenvalue weighted by molar-refractivity contribution is 0.0935. The highest BCUT2D eigenvalue weighted by molar-refractivity contribution is 7.20. The van der Waals surface area contributed by atoms with E-state index in [1.807, 2.05) is 0 Å². The van der Waals surface area contributed by atoms with E-state index in [9.17, 15) is 14.7 Å². The van der Waals surface area contributed by atoms with Crippen molar-refractivity contribution in [3.63, 3.8) is 0 Å². The number of phenolic OH excluding ortho intramolecular Hbond substituents is 1. The Morgan fingerprint density at radius 2 is 2.17 bits per heavy atom. The van der Waals surface area contributed by atoms with Crippen LogP contribution >= 0.6 is 11.3 Å². The number of amides is 1. The smallest absolute Gasteiger partial charge is 0.266 e. The average molecular weight is 343 g/mol. The number of piperidine rings is 1. The van der Waals surface area contributed by atoms with E-state index in [2.05, 4.69) is 15.6 Å². The Kier molecular flexibility index (Phi) is 3.74. The van der Waals surface area contributed by atoms with Gasteiger partial charge in [-0.15, -0.1) is 11.3 Å². The molecule has 0 aliphatic carbocycles. The number of thiophene rings is 1. The highest BCUT2D eigenvalue weighted by Gasteiger charge is 2.19. The van der Waals surface area contributed by atoms with Crippen LogP contribution in [0.3, 0.4) is 0 Å². The van der Waals surface area contributed by atoms with Gasteiger partial charge in [-0.3, -0.25) is 9.59 Å². The van der Waals surface area contributed by atoms with Gasteiger partial charge in [0.25, 0.3) is 11.5 Å². The molecule has 1 saturated heterocycles. The van der Waals surface area contributed by atoms with Crippen LogP contribution in [-0.2, 0) is 0 Å². The number of benzene rings is 1. The molecule has 1 amide bonds. The van der Waals surface area contributed by atoms with E-state index >= 15 is 0 Å². The summed E-state index contributed by atoms with van der Waals surface area (Å²) in [7, 11) is 0. The Morgan fingerprint density at radius 1 is 1.29 bits per heavy atom. The number of aromatic nitrogens is 1. The molecule has 2 aromatic heterocycles. The van der Waals surface area contributed by atoms with E-state index in [0.717, 1.165) is 31.3 Å². The molecule has 3 aromatic rings. The van der Waals surface area contributed by atoms with E-state index in [4.69, 9.17) is 0 Å². The topological polar surface area (TPSA) is 94.2 Å². The Morgan fingerprint density at radius 3 is 2.96 bits per heavy atom. The van der Waals surface area contributed by atoms with Gasteiger partial charge < -0.3 is 20.7 Å². The van der Waals surface area contributed by atoms with Crippen molar-refractivity contribution in [2.24, 2.45) is 0 Å². The molecule has 1 unspecified atom stereocenters. The molecule has 3 heterocycles. The number of carbonyl (C=O) groups excluding carboxylic acids is 1. The molecule has 0 saturated carbocycles. The number of aromatic amines is 1. The second-order valence-electron chi connectivity index (χ2n) is 6.05. The molecule has 1 aliphatic rings. The molecule has 0 radical (unpaired) electrons. The van der Waals surface area contributed by atoms with E-state index in [1.165, 1.54) is 17.4 Å². The number of H-pyrrole nitrogens is 1. The van der Waals surface area contributed by atoms with E-state index < -0.39 is 0 Å². The number of pyridine rings is 1. The number of aromatic hydroxyl groups is 1. The molecule has 1 aliphatic heterocycles. The molecule has 4 rings (SSSR count). The first kappa shape index (κ1) is 15.2. The van der Waals surface area contributed by atoms with Crippen LogP contribution in [0.1, 0.15) is 22.5 Å². The van der Waals surface area contributed by atoms with E-state index in [1.54, 1.807) is 18.2 Å². The minimum Gasteiger partial charge on any atom is -0.508 e. The zero-order valence-electron chi connectivity index (χ0n) is 12.9. The predicted molar refractivity (Wildman–Crippen MR) is 95.0 cm³/mol. The second-order valence-corrected chi connectivity index (χ2v) is 7.11. The quantitative estimate of drug-likeness (QED) is 0.572. The van der Waals surface area contributed by atoms with Gasteiger partial charge in [-0.1, -0.05) is 0 Å². The average Bonchev–Trinajstić information content (AvgIpc) is 3.03. The predicted octanol–water partition coefficient (Wildman–Crippen LogP) is 1.93. The molecule has 124 valence electrons. The van der Waals surface area contributed by atoms with Crippen molar-refractivity contribution in [1.82, 2.24) is 15.6 Å². The third-order valence-corrected chi connectivity index (χ3v) is 5.47. The van der Waals surface area contributed by atoms with Crippen LogP contribution in [0.25, 0.3) is 21.0 Å². The van der Waals surface area contributed by atoms with Crippen molar-refractivity contribution in [2.75, 3.05) is 13.1 Å². The lowest BCUT2D eigenvalue weighted by Crippen LogP contribution is -2.45. The largest absolute Gasteiger partial charge is 0.508 e.